The van der Waals surface area contributed by atoms with Crippen molar-refractivity contribution in [2.75, 3.05) is 44.1 Å². The highest BCUT2D eigenvalue weighted by molar-refractivity contribution is 6.05. The molecule has 2 aliphatic rings. The van der Waals surface area contributed by atoms with E-state index in [1.807, 2.05) is 0 Å². The Bertz CT molecular complexity index is 1280. The Morgan fingerprint density at radius 1 is 1.30 bits per heavy atom. The molecular weight excluding hydrogens is 482 g/mol. The number of amidine groups is 1. The molecule has 4 rings (SSSR count). The number of anilines is 2. The van der Waals surface area contributed by atoms with Crippen LogP contribution in [-0.2, 0) is 30.4 Å². The summed E-state index contributed by atoms with van der Waals surface area (Å²) >= 11 is 0. The molecule has 2 aromatic rings. The first kappa shape index (κ1) is 25.8. The molecule has 1 fully saturated rings. The van der Waals surface area contributed by atoms with E-state index in [1.165, 1.54) is 30.0 Å². The number of nitrogens with zero attached hydrogens (tertiary/aromatic N) is 3. The molecular formula is C25H27N5O7. The lowest BCUT2D eigenvalue weighted by molar-refractivity contribution is -0.150. The number of carbonyl (C=O) groups excluding carboxylic acids is 4. The third-order valence-electron chi connectivity index (χ3n) is 6.09. The summed E-state index contributed by atoms with van der Waals surface area (Å²) in [4.78, 5) is 56.8. The molecule has 3 amide bonds. The number of amides is 3. The molecule has 2 heterocycles. The van der Waals surface area contributed by atoms with E-state index in [0.29, 0.717) is 23.8 Å². The molecule has 12 heteroatoms. The van der Waals surface area contributed by atoms with Crippen molar-refractivity contribution in [3.8, 4) is 0 Å². The van der Waals surface area contributed by atoms with Gasteiger partial charge in [-0.2, -0.15) is 0 Å². The first-order valence-electron chi connectivity index (χ1n) is 11.5. The first-order chi connectivity index (χ1) is 17.7. The van der Waals surface area contributed by atoms with E-state index >= 15 is 0 Å². The fourth-order valence-corrected chi connectivity index (χ4v) is 4.11. The number of morpholine rings is 1. The van der Waals surface area contributed by atoms with Crippen LogP contribution in [0.25, 0.3) is 0 Å². The second kappa shape index (κ2) is 10.8. The van der Waals surface area contributed by atoms with Crippen LogP contribution in [0.15, 0.2) is 47.5 Å². The van der Waals surface area contributed by atoms with Crippen LogP contribution in [0, 0.1) is 0 Å². The molecule has 0 saturated carbocycles. The summed E-state index contributed by atoms with van der Waals surface area (Å²) < 4.78 is 10.0. The zero-order valence-corrected chi connectivity index (χ0v) is 20.3. The maximum Gasteiger partial charge on any atom is 0.325 e. The van der Waals surface area contributed by atoms with Crippen molar-refractivity contribution in [2.24, 2.45) is 10.7 Å². The van der Waals surface area contributed by atoms with Crippen molar-refractivity contribution >= 4 is 40.9 Å². The number of methoxy groups -OCH3 is 1. The number of ether oxygens (including phenoxy) is 2. The number of aliphatic hydroxyl groups is 1. The molecule has 4 N–H and O–H groups in total. The SMILES string of the molecule is COC(=O)CN(C)C(=O)c1cccc(N2CCO[C@H]([C@@H](O)C(=O)Nc3ccc4c(c3)CN=C4N)C2=O)c1. The number of aliphatic hydroxyl groups excluding tert-OH is 1. The zero-order valence-electron chi connectivity index (χ0n) is 20.3. The van der Waals surface area contributed by atoms with Gasteiger partial charge in [-0.3, -0.25) is 24.2 Å². The molecule has 1 saturated heterocycles. The van der Waals surface area contributed by atoms with Gasteiger partial charge >= 0.3 is 5.97 Å². The topological polar surface area (TPSA) is 164 Å². The number of hydrogen-bond donors (Lipinski definition) is 3. The Morgan fingerprint density at radius 2 is 2.08 bits per heavy atom. The number of fused-ring (bicyclic) bond motifs is 1. The molecule has 2 aliphatic heterocycles. The van der Waals surface area contributed by atoms with Gasteiger partial charge < -0.3 is 35.4 Å². The maximum atomic E-state index is 13.2. The van der Waals surface area contributed by atoms with E-state index in [0.717, 1.165) is 11.1 Å². The number of esters is 1. The van der Waals surface area contributed by atoms with Crippen LogP contribution >= 0.6 is 0 Å². The van der Waals surface area contributed by atoms with Gasteiger partial charge in [0.25, 0.3) is 17.7 Å². The molecule has 2 atom stereocenters. The van der Waals surface area contributed by atoms with Crippen molar-refractivity contribution < 1.29 is 33.8 Å². The maximum absolute atomic E-state index is 13.2. The summed E-state index contributed by atoms with van der Waals surface area (Å²) in [6, 6.07) is 11.3. The van der Waals surface area contributed by atoms with Crippen LogP contribution in [0.4, 0.5) is 11.4 Å². The van der Waals surface area contributed by atoms with E-state index < -0.39 is 35.9 Å². The van der Waals surface area contributed by atoms with Gasteiger partial charge in [-0.1, -0.05) is 6.07 Å². The van der Waals surface area contributed by atoms with Crippen molar-refractivity contribution in [2.45, 2.75) is 18.8 Å². The van der Waals surface area contributed by atoms with E-state index in [-0.39, 0.29) is 25.3 Å². The minimum Gasteiger partial charge on any atom is -0.468 e. The highest BCUT2D eigenvalue weighted by atomic mass is 16.5. The standard InChI is InChI=1S/C25H27N5O7/c1-29(13-19(31)36-2)24(34)14-4-3-5-17(11-14)30-8-9-37-21(25(30)35)20(32)23(33)28-16-6-7-18-15(10-16)12-27-22(18)26/h3-7,10-11,20-21,32H,8-9,12-13H2,1-2H3,(H2,26,27)(H,28,33)/t20-,21-/m1/s1. The molecule has 0 aliphatic carbocycles. The lowest BCUT2D eigenvalue weighted by Crippen LogP contribution is -2.55. The average molecular weight is 510 g/mol. The van der Waals surface area contributed by atoms with Gasteiger partial charge in [0, 0.05) is 36.1 Å². The van der Waals surface area contributed by atoms with Gasteiger partial charge in [-0.25, -0.2) is 0 Å². The van der Waals surface area contributed by atoms with Crippen molar-refractivity contribution in [3.63, 3.8) is 0 Å². The molecule has 194 valence electrons. The molecule has 0 radical (unpaired) electrons. The number of nitrogens with two attached hydrogens (primary N) is 1. The molecule has 0 bridgehead atoms. The predicted octanol–water partition coefficient (Wildman–Crippen LogP) is -0.118. The van der Waals surface area contributed by atoms with Crippen LogP contribution in [0.3, 0.4) is 0 Å². The highest BCUT2D eigenvalue weighted by Crippen LogP contribution is 2.24. The summed E-state index contributed by atoms with van der Waals surface area (Å²) in [5.74, 6) is -2.01. The summed E-state index contributed by atoms with van der Waals surface area (Å²) in [6.07, 6.45) is -3.22. The number of likely N-dealkylation sites (N-methyl/N-ethyl adjacent to an activating group) is 1. The number of rotatable bonds is 7. The molecule has 0 aromatic heterocycles. The Labute approximate surface area is 212 Å². The third-order valence-corrected chi connectivity index (χ3v) is 6.09. The predicted molar refractivity (Wildman–Crippen MR) is 133 cm³/mol. The number of carbonyl (C=O) groups is 4. The lowest BCUT2D eigenvalue weighted by Gasteiger charge is -2.34. The number of aliphatic imine (C=N–C) groups is 1. The van der Waals surface area contributed by atoms with Gasteiger partial charge in [-0.05, 0) is 42.0 Å². The minimum absolute atomic E-state index is 0.0661. The monoisotopic (exact) mass is 509 g/mol. The van der Waals surface area contributed by atoms with E-state index in [9.17, 15) is 24.3 Å². The quantitative estimate of drug-likeness (QED) is 0.435. The molecule has 0 spiro atoms. The van der Waals surface area contributed by atoms with Crippen molar-refractivity contribution in [1.29, 1.82) is 0 Å². The number of nitrogens with one attached hydrogen (secondary N) is 1. The van der Waals surface area contributed by atoms with Crippen LogP contribution in [0.1, 0.15) is 21.5 Å². The van der Waals surface area contributed by atoms with Gasteiger partial charge in [0.2, 0.25) is 0 Å². The molecule has 12 nitrogen and oxygen atoms in total. The van der Waals surface area contributed by atoms with E-state index in [1.54, 1.807) is 36.4 Å². The molecule has 37 heavy (non-hydrogen) atoms. The average Bonchev–Trinajstić information content (AvgIpc) is 3.27. The fraction of sp³-hybridized carbons (Fsp3) is 0.320. The van der Waals surface area contributed by atoms with Gasteiger partial charge in [0.15, 0.2) is 12.2 Å². The second-order valence-electron chi connectivity index (χ2n) is 8.58. The summed E-state index contributed by atoms with van der Waals surface area (Å²) in [5.41, 5.74) is 8.50. The summed E-state index contributed by atoms with van der Waals surface area (Å²) in [5, 5.41) is 13.3. The van der Waals surface area contributed by atoms with Crippen LogP contribution in [-0.4, -0.2) is 85.6 Å². The largest absolute Gasteiger partial charge is 0.468 e. The van der Waals surface area contributed by atoms with Gasteiger partial charge in [0.1, 0.15) is 12.4 Å². The van der Waals surface area contributed by atoms with Gasteiger partial charge in [-0.15, -0.1) is 0 Å². The highest BCUT2D eigenvalue weighted by Gasteiger charge is 2.39. The Balaban J connectivity index is 1.44. The van der Waals surface area contributed by atoms with Crippen molar-refractivity contribution in [3.05, 3.63) is 59.2 Å². The molecule has 2 aromatic carbocycles. The van der Waals surface area contributed by atoms with Gasteiger partial charge in [0.05, 0.1) is 20.3 Å². The first-order valence-corrected chi connectivity index (χ1v) is 11.5. The Morgan fingerprint density at radius 3 is 2.84 bits per heavy atom. The Kier molecular flexibility index (Phi) is 7.50. The van der Waals surface area contributed by atoms with Crippen LogP contribution in [0.2, 0.25) is 0 Å². The minimum atomic E-state index is -1.78. The number of benzene rings is 2. The Hall–Kier alpha value is -4.29. The zero-order chi connectivity index (χ0) is 26.7. The molecule has 0 unspecified atom stereocenters. The third kappa shape index (κ3) is 5.44. The van der Waals surface area contributed by atoms with Crippen molar-refractivity contribution in [1.82, 2.24) is 4.90 Å². The number of hydrogen-bond acceptors (Lipinski definition) is 9. The second-order valence-corrected chi connectivity index (χ2v) is 8.58. The summed E-state index contributed by atoms with van der Waals surface area (Å²) in [6.45, 7) is 0.388. The lowest BCUT2D eigenvalue weighted by atomic mass is 10.1. The van der Waals surface area contributed by atoms with Crippen LogP contribution < -0.4 is 16.0 Å². The van der Waals surface area contributed by atoms with Crippen LogP contribution in [0.5, 0.6) is 0 Å². The summed E-state index contributed by atoms with van der Waals surface area (Å²) in [7, 11) is 2.69. The fourth-order valence-electron chi connectivity index (χ4n) is 4.11. The van der Waals surface area contributed by atoms with E-state index in [4.69, 9.17) is 10.5 Å². The normalized spacial score (nSPS) is 17.5. The van der Waals surface area contributed by atoms with E-state index in [2.05, 4.69) is 15.0 Å². The smallest absolute Gasteiger partial charge is 0.325 e.